The molecule has 0 bridgehead atoms. The first kappa shape index (κ1) is 23.4. The molecule has 2 N–H and O–H groups in total. The number of hydrogen-bond donors (Lipinski definition) is 0. The van der Waals surface area contributed by atoms with Gasteiger partial charge in [-0.2, -0.15) is 0 Å². The second-order valence-electron chi connectivity index (χ2n) is 1.13. The van der Waals surface area contributed by atoms with Crippen LogP contribution in [0.4, 0.5) is 0 Å². The van der Waals surface area contributed by atoms with E-state index >= 15 is 0 Å². The highest BCUT2D eigenvalue weighted by Gasteiger charge is 1.81. The van der Waals surface area contributed by atoms with E-state index < -0.39 is 0 Å². The predicted octanol–water partition coefficient (Wildman–Crippen LogP) is 2.59. The van der Waals surface area contributed by atoms with Crippen LogP contribution in [-0.4, -0.2) is 28.7 Å². The van der Waals surface area contributed by atoms with Crippen LogP contribution < -0.4 is 0 Å². The van der Waals surface area contributed by atoms with Crippen LogP contribution in [0.15, 0.2) is 0 Å². The number of carbonyl (C=O) groups is 1. The van der Waals surface area contributed by atoms with Crippen LogP contribution in [0.25, 0.3) is 0 Å². The predicted molar refractivity (Wildman–Crippen MR) is 59.1 cm³/mol. The van der Waals surface area contributed by atoms with Gasteiger partial charge in [0, 0.05) is 6.92 Å². The molecule has 0 aromatic heterocycles. The average molecular weight is 276 g/mol. The van der Waals surface area contributed by atoms with E-state index in [1.54, 1.807) is 6.92 Å². The van der Waals surface area contributed by atoms with Crippen LogP contribution in [0.3, 0.4) is 0 Å². The van der Waals surface area contributed by atoms with E-state index in [9.17, 15) is 4.79 Å². The van der Waals surface area contributed by atoms with Crippen molar-refractivity contribution in [1.29, 1.82) is 0 Å². The minimum atomic E-state index is -0.211. The maximum atomic E-state index is 9.82. The molecular formula is C6H14Cl4O3. The van der Waals surface area contributed by atoms with Crippen LogP contribution in [0.5, 0.6) is 0 Å². The fourth-order valence-corrected chi connectivity index (χ4v) is 0.203. The van der Waals surface area contributed by atoms with Crippen molar-refractivity contribution in [2.75, 3.05) is 17.3 Å². The first-order valence-corrected chi connectivity index (χ1v) is 5.11. The molecule has 0 atom stereocenters. The molecule has 0 unspecified atom stereocenters. The molecule has 0 saturated carbocycles. The Balaban J connectivity index is -0.0000000501. The van der Waals surface area contributed by atoms with Crippen molar-refractivity contribution < 1.29 is 15.0 Å². The van der Waals surface area contributed by atoms with Gasteiger partial charge in [-0.25, -0.2) is 0 Å². The lowest BCUT2D eigenvalue weighted by molar-refractivity contribution is -0.140. The summed E-state index contributed by atoms with van der Waals surface area (Å²) in [5, 5.41) is 0.389. The molecule has 0 spiro atoms. The van der Waals surface area contributed by atoms with Crippen LogP contribution in [-0.2, 0) is 9.53 Å². The number of hydrogen-bond acceptors (Lipinski definition) is 2. The molecule has 7 heteroatoms. The molecule has 0 saturated heterocycles. The minimum absolute atomic E-state index is 0. The maximum absolute atomic E-state index is 9.82. The number of halogens is 4. The molecule has 0 radical (unpaired) electrons. The smallest absolute Gasteiger partial charge is 0.302 e. The number of esters is 1. The Hall–Kier alpha value is 0.590. The summed E-state index contributed by atoms with van der Waals surface area (Å²) in [4.78, 5) is 9.82. The summed E-state index contributed by atoms with van der Waals surface area (Å²) >= 11 is 19.1. The Bertz CT molecular complexity index is 80.3. The minimum Gasteiger partial charge on any atom is -0.466 e. The van der Waals surface area contributed by atoms with E-state index in [4.69, 9.17) is 46.4 Å². The molecule has 13 heavy (non-hydrogen) atoms. The molecule has 3 nitrogen and oxygen atoms in total. The van der Waals surface area contributed by atoms with Crippen LogP contribution in [0.1, 0.15) is 13.8 Å². The molecule has 0 aliphatic carbocycles. The zero-order valence-corrected chi connectivity index (χ0v) is 10.5. The normalized spacial score (nSPS) is 6.31. The zero-order chi connectivity index (χ0) is 10.4. The van der Waals surface area contributed by atoms with Crippen molar-refractivity contribution >= 4 is 52.4 Å². The third kappa shape index (κ3) is 110. The Labute approximate surface area is 98.5 Å². The van der Waals surface area contributed by atoms with Gasteiger partial charge in [-0.15, -0.1) is 46.4 Å². The van der Waals surface area contributed by atoms with Gasteiger partial charge in [0.15, 0.2) is 0 Å². The lowest BCUT2D eigenvalue weighted by atomic mass is 10.8. The maximum Gasteiger partial charge on any atom is 0.302 e. The molecule has 84 valence electrons. The van der Waals surface area contributed by atoms with Crippen molar-refractivity contribution in [2.45, 2.75) is 13.8 Å². The lowest BCUT2D eigenvalue weighted by Gasteiger charge is -1.89. The van der Waals surface area contributed by atoms with Gasteiger partial charge in [0.05, 0.1) is 17.3 Å². The number of rotatable bonds is 1. The molecular weight excluding hydrogens is 262 g/mol. The summed E-state index contributed by atoms with van der Waals surface area (Å²) in [6.45, 7) is 3.65. The monoisotopic (exact) mass is 274 g/mol. The molecule has 0 heterocycles. The van der Waals surface area contributed by atoms with Gasteiger partial charge in [-0.05, 0) is 6.92 Å². The molecule has 0 aliphatic rings. The first-order valence-electron chi connectivity index (χ1n) is 2.97. The number of alkyl halides is 4. The Kier molecular flexibility index (Phi) is 52.9. The van der Waals surface area contributed by atoms with E-state index in [-0.39, 0.29) is 22.1 Å². The Morgan fingerprint density at radius 3 is 1.38 bits per heavy atom. The quantitative estimate of drug-likeness (QED) is 0.546. The van der Waals surface area contributed by atoms with Gasteiger partial charge in [0.2, 0.25) is 0 Å². The van der Waals surface area contributed by atoms with E-state index in [2.05, 4.69) is 4.74 Å². The first-order chi connectivity index (χ1) is 5.60. The fourth-order valence-electron chi connectivity index (χ4n) is 0.203. The summed E-state index contributed by atoms with van der Waals surface area (Å²) in [5.41, 5.74) is 0. The highest BCUT2D eigenvalue weighted by atomic mass is 35.5. The third-order valence-corrected chi connectivity index (χ3v) is 0.348. The van der Waals surface area contributed by atoms with Crippen LogP contribution >= 0.6 is 46.4 Å². The third-order valence-electron chi connectivity index (χ3n) is 0.348. The van der Waals surface area contributed by atoms with Crippen molar-refractivity contribution in [3.63, 3.8) is 0 Å². The van der Waals surface area contributed by atoms with Gasteiger partial charge >= 0.3 is 5.97 Å². The van der Waals surface area contributed by atoms with E-state index in [1.807, 2.05) is 0 Å². The van der Waals surface area contributed by atoms with E-state index in [0.29, 0.717) is 6.61 Å². The number of carbonyl (C=O) groups excluding carboxylic acids is 1. The highest BCUT2D eigenvalue weighted by Crippen LogP contribution is 1.73. The molecule has 0 fully saturated rings. The summed E-state index contributed by atoms with van der Waals surface area (Å²) in [6.07, 6.45) is 0. The van der Waals surface area contributed by atoms with Crippen LogP contribution in [0.2, 0.25) is 0 Å². The average Bonchev–Trinajstić information content (AvgIpc) is 1.89. The molecule has 0 aromatic carbocycles. The highest BCUT2D eigenvalue weighted by molar-refractivity contribution is 6.40. The molecule has 0 rings (SSSR count). The SMILES string of the molecule is CCOC(C)=O.ClCCl.ClCCl.O. The summed E-state index contributed by atoms with van der Waals surface area (Å²) in [7, 11) is 0. The van der Waals surface area contributed by atoms with Gasteiger partial charge in [-0.3, -0.25) is 4.79 Å². The summed E-state index contributed by atoms with van der Waals surface area (Å²) < 4.78 is 4.40. The van der Waals surface area contributed by atoms with Crippen molar-refractivity contribution in [3.8, 4) is 0 Å². The molecule has 0 amide bonds. The lowest BCUT2D eigenvalue weighted by Crippen LogP contribution is -1.95. The summed E-state index contributed by atoms with van der Waals surface area (Å²) in [5.74, 6) is -0.211. The Morgan fingerprint density at radius 2 is 1.38 bits per heavy atom. The van der Waals surface area contributed by atoms with Gasteiger partial charge in [0.25, 0.3) is 0 Å². The van der Waals surface area contributed by atoms with Crippen molar-refractivity contribution in [1.82, 2.24) is 0 Å². The van der Waals surface area contributed by atoms with Crippen molar-refractivity contribution in [2.24, 2.45) is 0 Å². The van der Waals surface area contributed by atoms with E-state index in [1.165, 1.54) is 6.92 Å². The largest absolute Gasteiger partial charge is 0.466 e. The van der Waals surface area contributed by atoms with Gasteiger partial charge in [0.1, 0.15) is 0 Å². The van der Waals surface area contributed by atoms with Crippen molar-refractivity contribution in [3.05, 3.63) is 0 Å². The zero-order valence-electron chi connectivity index (χ0n) is 7.45. The summed E-state index contributed by atoms with van der Waals surface area (Å²) in [6, 6.07) is 0. The van der Waals surface area contributed by atoms with E-state index in [0.717, 1.165) is 0 Å². The second-order valence-corrected chi connectivity index (χ2v) is 2.74. The van der Waals surface area contributed by atoms with Crippen LogP contribution in [0, 0.1) is 0 Å². The van der Waals surface area contributed by atoms with Gasteiger partial charge < -0.3 is 10.2 Å². The molecule has 0 aromatic rings. The standard InChI is InChI=1S/C4H8O2.2CH2Cl2.H2O/c1-3-6-4(2)5;2*2-1-3;/h3H2,1-2H3;2*1H2;1H2. The Morgan fingerprint density at radius 1 is 1.15 bits per heavy atom. The topological polar surface area (TPSA) is 57.8 Å². The number of ether oxygens (including phenoxy) is 1. The van der Waals surface area contributed by atoms with Gasteiger partial charge in [-0.1, -0.05) is 0 Å². The fraction of sp³-hybridized carbons (Fsp3) is 0.833. The second kappa shape index (κ2) is 29.4. The molecule has 0 aliphatic heterocycles.